The number of amides is 1. The van der Waals surface area contributed by atoms with Crippen LogP contribution in [0.4, 0.5) is 0 Å². The molecule has 1 atom stereocenters. The van der Waals surface area contributed by atoms with Crippen LogP contribution >= 0.6 is 11.3 Å². The molecule has 2 aromatic rings. The van der Waals surface area contributed by atoms with Crippen molar-refractivity contribution in [2.45, 2.75) is 18.9 Å². The number of nitrogens with zero attached hydrogens (tertiary/aromatic N) is 1. The smallest absolute Gasteiger partial charge is 0.223 e. The number of Topliss-reactive ketones (excluding diaryl/α,β-unsaturated/α-hetero) is 1. The van der Waals surface area contributed by atoms with Crippen molar-refractivity contribution in [3.63, 3.8) is 0 Å². The Balaban J connectivity index is 1.63. The van der Waals surface area contributed by atoms with Gasteiger partial charge in [-0.1, -0.05) is 36.4 Å². The molecule has 1 aliphatic heterocycles. The summed E-state index contributed by atoms with van der Waals surface area (Å²) in [6.45, 7) is 1.63. The second-order valence-corrected chi connectivity index (χ2v) is 6.44. The molecule has 0 aliphatic carbocycles. The minimum atomic E-state index is -0.0608. The highest BCUT2D eigenvalue weighted by molar-refractivity contribution is 7.12. The van der Waals surface area contributed by atoms with Gasteiger partial charge in [-0.2, -0.15) is 0 Å². The Labute approximate surface area is 139 Å². The number of carbonyl (C=O) groups is 2. The molecule has 4 nitrogen and oxygen atoms in total. The third-order valence-electron chi connectivity index (χ3n) is 4.00. The molecule has 1 aromatic heterocycles. The summed E-state index contributed by atoms with van der Waals surface area (Å²) >= 11 is 1.42. The van der Waals surface area contributed by atoms with Gasteiger partial charge in [0.1, 0.15) is 0 Å². The summed E-state index contributed by atoms with van der Waals surface area (Å²) in [6.07, 6.45) is 0.512. The van der Waals surface area contributed by atoms with E-state index in [4.69, 9.17) is 4.74 Å². The van der Waals surface area contributed by atoms with Gasteiger partial charge >= 0.3 is 0 Å². The summed E-state index contributed by atoms with van der Waals surface area (Å²) in [5.74, 6) is 0.0601. The lowest BCUT2D eigenvalue weighted by Crippen LogP contribution is -2.43. The molecule has 1 fully saturated rings. The van der Waals surface area contributed by atoms with Gasteiger partial charge in [-0.15, -0.1) is 11.3 Å². The third kappa shape index (κ3) is 3.86. The minimum absolute atomic E-state index is 0.0204. The quantitative estimate of drug-likeness (QED) is 0.791. The number of ether oxygens (including phenoxy) is 1. The highest BCUT2D eigenvalue weighted by Gasteiger charge is 2.28. The molecule has 1 saturated heterocycles. The van der Waals surface area contributed by atoms with Gasteiger partial charge in [0.15, 0.2) is 5.78 Å². The van der Waals surface area contributed by atoms with Crippen molar-refractivity contribution in [1.29, 1.82) is 0 Å². The first-order valence-corrected chi connectivity index (χ1v) is 8.62. The molecule has 0 saturated carbocycles. The number of ketones is 1. The van der Waals surface area contributed by atoms with E-state index in [0.717, 1.165) is 10.4 Å². The molecule has 0 bridgehead atoms. The summed E-state index contributed by atoms with van der Waals surface area (Å²) in [7, 11) is 0. The Bertz CT molecular complexity index is 654. The van der Waals surface area contributed by atoms with Gasteiger partial charge < -0.3 is 9.64 Å². The highest BCUT2D eigenvalue weighted by atomic mass is 32.1. The molecule has 1 unspecified atom stereocenters. The maximum absolute atomic E-state index is 12.6. The lowest BCUT2D eigenvalue weighted by atomic mass is 10.0. The second-order valence-electron chi connectivity index (χ2n) is 5.49. The van der Waals surface area contributed by atoms with Gasteiger partial charge in [0.2, 0.25) is 5.91 Å². The molecule has 23 heavy (non-hydrogen) atoms. The Morgan fingerprint density at radius 1 is 1.13 bits per heavy atom. The van der Waals surface area contributed by atoms with Crippen molar-refractivity contribution in [3.8, 4) is 0 Å². The number of hydrogen-bond acceptors (Lipinski definition) is 4. The number of thiophene rings is 1. The Morgan fingerprint density at radius 3 is 2.70 bits per heavy atom. The zero-order valence-electron chi connectivity index (χ0n) is 12.8. The van der Waals surface area contributed by atoms with E-state index in [0.29, 0.717) is 19.8 Å². The molecule has 0 spiro atoms. The van der Waals surface area contributed by atoms with Gasteiger partial charge in [-0.25, -0.2) is 0 Å². The normalized spacial score (nSPS) is 17.9. The van der Waals surface area contributed by atoms with E-state index in [-0.39, 0.29) is 30.6 Å². The summed E-state index contributed by atoms with van der Waals surface area (Å²) in [4.78, 5) is 27.2. The van der Waals surface area contributed by atoms with Gasteiger partial charge in [0.05, 0.1) is 24.1 Å². The van der Waals surface area contributed by atoms with E-state index in [9.17, 15) is 9.59 Å². The first-order valence-electron chi connectivity index (χ1n) is 7.74. The molecule has 0 radical (unpaired) electrons. The molecular weight excluding hydrogens is 310 g/mol. The van der Waals surface area contributed by atoms with E-state index in [2.05, 4.69) is 0 Å². The van der Waals surface area contributed by atoms with Gasteiger partial charge in [-0.05, 0) is 17.0 Å². The lowest BCUT2D eigenvalue weighted by Gasteiger charge is -2.36. The van der Waals surface area contributed by atoms with Crippen molar-refractivity contribution in [2.24, 2.45) is 0 Å². The number of hydrogen-bond donors (Lipinski definition) is 0. The van der Waals surface area contributed by atoms with Crippen LogP contribution in [0, 0.1) is 0 Å². The van der Waals surface area contributed by atoms with Crippen LogP contribution in [0.1, 0.15) is 34.1 Å². The predicted octanol–water partition coefficient (Wildman–Crippen LogP) is 3.31. The van der Waals surface area contributed by atoms with Gasteiger partial charge in [-0.3, -0.25) is 9.59 Å². The predicted molar refractivity (Wildman–Crippen MR) is 89.6 cm³/mol. The first kappa shape index (κ1) is 15.9. The fourth-order valence-corrected chi connectivity index (χ4v) is 3.47. The molecule has 5 heteroatoms. The summed E-state index contributed by atoms with van der Waals surface area (Å²) < 4.78 is 5.54. The monoisotopic (exact) mass is 329 g/mol. The van der Waals surface area contributed by atoms with Crippen molar-refractivity contribution in [1.82, 2.24) is 4.90 Å². The molecule has 1 aromatic carbocycles. The van der Waals surface area contributed by atoms with E-state index in [1.54, 1.807) is 6.07 Å². The van der Waals surface area contributed by atoms with Crippen LogP contribution in [-0.4, -0.2) is 36.3 Å². The van der Waals surface area contributed by atoms with E-state index >= 15 is 0 Å². The summed E-state index contributed by atoms with van der Waals surface area (Å²) in [5, 5.41) is 1.88. The SMILES string of the molecule is O=C(CCC(=O)N1CCOCC1c1ccccc1)c1cccs1. The molecule has 1 amide bonds. The molecule has 2 heterocycles. The van der Waals surface area contributed by atoms with Crippen LogP contribution in [0.2, 0.25) is 0 Å². The van der Waals surface area contributed by atoms with Crippen LogP contribution < -0.4 is 0 Å². The Kier molecular flexibility index (Phi) is 5.20. The Morgan fingerprint density at radius 2 is 1.96 bits per heavy atom. The standard InChI is InChI=1S/C18H19NO3S/c20-16(17-7-4-12-23-17)8-9-18(21)19-10-11-22-13-15(19)14-5-2-1-3-6-14/h1-7,12,15H,8-11,13H2. The number of benzene rings is 1. The van der Waals surface area contributed by atoms with E-state index in [1.165, 1.54) is 11.3 Å². The highest BCUT2D eigenvalue weighted by Crippen LogP contribution is 2.25. The van der Waals surface area contributed by atoms with Crippen LogP contribution in [0.5, 0.6) is 0 Å². The van der Waals surface area contributed by atoms with Crippen LogP contribution in [0.3, 0.4) is 0 Å². The summed E-state index contributed by atoms with van der Waals surface area (Å²) in [5.41, 5.74) is 1.07. The number of carbonyl (C=O) groups excluding carboxylic acids is 2. The first-order chi connectivity index (χ1) is 11.3. The molecule has 120 valence electrons. The maximum Gasteiger partial charge on any atom is 0.223 e. The third-order valence-corrected chi connectivity index (χ3v) is 4.91. The minimum Gasteiger partial charge on any atom is -0.377 e. The second kappa shape index (κ2) is 7.53. The van der Waals surface area contributed by atoms with Crippen molar-refractivity contribution < 1.29 is 14.3 Å². The maximum atomic E-state index is 12.6. The average Bonchev–Trinajstić information content (AvgIpc) is 3.15. The van der Waals surface area contributed by atoms with Crippen LogP contribution in [0.15, 0.2) is 47.8 Å². The molecule has 3 rings (SSSR count). The van der Waals surface area contributed by atoms with Gasteiger partial charge in [0, 0.05) is 19.4 Å². The zero-order chi connectivity index (χ0) is 16.1. The molecule has 0 N–H and O–H groups in total. The lowest BCUT2D eigenvalue weighted by molar-refractivity contribution is -0.140. The van der Waals surface area contributed by atoms with Gasteiger partial charge in [0.25, 0.3) is 0 Å². The Hall–Kier alpha value is -1.98. The summed E-state index contributed by atoms with van der Waals surface area (Å²) in [6, 6.07) is 13.5. The van der Waals surface area contributed by atoms with Crippen molar-refractivity contribution in [2.75, 3.05) is 19.8 Å². The fourth-order valence-electron chi connectivity index (χ4n) is 2.78. The molecule has 1 aliphatic rings. The number of rotatable bonds is 5. The average molecular weight is 329 g/mol. The topological polar surface area (TPSA) is 46.6 Å². The zero-order valence-corrected chi connectivity index (χ0v) is 13.6. The molecular formula is C18H19NO3S. The van der Waals surface area contributed by atoms with Crippen LogP contribution in [-0.2, 0) is 9.53 Å². The fraction of sp³-hybridized carbons (Fsp3) is 0.333. The van der Waals surface area contributed by atoms with Crippen molar-refractivity contribution in [3.05, 3.63) is 58.3 Å². The number of morpholine rings is 1. The van der Waals surface area contributed by atoms with E-state index < -0.39 is 0 Å². The van der Waals surface area contributed by atoms with E-state index in [1.807, 2.05) is 46.7 Å². The van der Waals surface area contributed by atoms with Crippen molar-refractivity contribution >= 4 is 23.0 Å². The van der Waals surface area contributed by atoms with Crippen LogP contribution in [0.25, 0.3) is 0 Å². The largest absolute Gasteiger partial charge is 0.377 e.